The van der Waals surface area contributed by atoms with Gasteiger partial charge in [0.05, 0.1) is 5.56 Å². The van der Waals surface area contributed by atoms with E-state index in [1.165, 1.54) is 19.1 Å². The molecule has 22 heavy (non-hydrogen) atoms. The summed E-state index contributed by atoms with van der Waals surface area (Å²) in [6.45, 7) is 3.11. The lowest BCUT2D eigenvalue weighted by Crippen LogP contribution is -2.30. The smallest absolute Gasteiger partial charge is 0.375 e. The first-order valence-electron chi connectivity index (χ1n) is 6.34. The summed E-state index contributed by atoms with van der Waals surface area (Å²) in [5.41, 5.74) is 5.40. The van der Waals surface area contributed by atoms with E-state index in [1.54, 1.807) is 18.4 Å². The number of hydrogen-bond acceptors (Lipinski definition) is 6. The molecule has 3 N–H and O–H groups in total. The number of esters is 1. The van der Waals surface area contributed by atoms with Crippen molar-refractivity contribution in [3.63, 3.8) is 0 Å². The van der Waals surface area contributed by atoms with E-state index in [2.05, 4.69) is 5.32 Å². The van der Waals surface area contributed by atoms with Crippen molar-refractivity contribution in [2.75, 3.05) is 5.32 Å². The number of primary amides is 1. The molecule has 116 valence electrons. The van der Waals surface area contributed by atoms with Gasteiger partial charge in [0, 0.05) is 0 Å². The number of anilines is 1. The minimum atomic E-state index is -1.05. The average Bonchev–Trinajstić information content (AvgIpc) is 3.07. The fourth-order valence-corrected chi connectivity index (χ4v) is 2.43. The fourth-order valence-electron chi connectivity index (χ4n) is 1.63. The molecule has 0 spiro atoms. The number of aryl methyl sites for hydroxylation is 1. The molecule has 2 aromatic rings. The van der Waals surface area contributed by atoms with Crippen LogP contribution in [0.3, 0.4) is 0 Å². The van der Waals surface area contributed by atoms with E-state index in [-0.39, 0.29) is 11.3 Å². The van der Waals surface area contributed by atoms with Gasteiger partial charge >= 0.3 is 5.97 Å². The molecular weight excluding hydrogens is 308 g/mol. The third-order valence-electron chi connectivity index (χ3n) is 2.76. The molecule has 2 amide bonds. The molecule has 1 unspecified atom stereocenters. The molecule has 0 bridgehead atoms. The number of hydrogen-bond donors (Lipinski definition) is 2. The van der Waals surface area contributed by atoms with Gasteiger partial charge in [0.1, 0.15) is 10.8 Å². The van der Waals surface area contributed by atoms with E-state index in [0.29, 0.717) is 10.8 Å². The number of furan rings is 1. The number of carbonyl (C=O) groups excluding carboxylic acids is 3. The number of rotatable bonds is 5. The summed E-state index contributed by atoms with van der Waals surface area (Å²) in [5, 5.41) is 4.44. The summed E-state index contributed by atoms with van der Waals surface area (Å²) in [7, 11) is 0. The number of thiophene rings is 1. The lowest BCUT2D eigenvalue weighted by atomic mass is 10.3. The van der Waals surface area contributed by atoms with Gasteiger partial charge in [-0.1, -0.05) is 0 Å². The normalized spacial score (nSPS) is 11.7. The molecule has 0 radical (unpaired) electrons. The SMILES string of the molecule is Cc1ccc(C(=O)OC(C)C(=O)Nc2sccc2C(N)=O)o1. The highest BCUT2D eigenvalue weighted by atomic mass is 32.1. The zero-order chi connectivity index (χ0) is 16.3. The largest absolute Gasteiger partial charge is 0.454 e. The van der Waals surface area contributed by atoms with Crippen LogP contribution in [0.1, 0.15) is 33.6 Å². The van der Waals surface area contributed by atoms with Gasteiger partial charge in [-0.05, 0) is 37.4 Å². The molecule has 0 aliphatic heterocycles. The van der Waals surface area contributed by atoms with E-state index in [9.17, 15) is 14.4 Å². The Morgan fingerprint density at radius 1 is 1.32 bits per heavy atom. The van der Waals surface area contributed by atoms with Crippen molar-refractivity contribution in [1.82, 2.24) is 0 Å². The lowest BCUT2D eigenvalue weighted by Gasteiger charge is -2.12. The summed E-state index contributed by atoms with van der Waals surface area (Å²) < 4.78 is 10.1. The average molecular weight is 322 g/mol. The third kappa shape index (κ3) is 3.53. The standard InChI is InChI=1S/C14H14N2O5S/c1-7-3-4-10(20-7)14(19)21-8(2)12(18)16-13-9(11(15)17)5-6-22-13/h3-6,8H,1-2H3,(H2,15,17)(H,16,18). The van der Waals surface area contributed by atoms with Gasteiger partial charge in [-0.25, -0.2) is 4.79 Å². The van der Waals surface area contributed by atoms with E-state index in [0.717, 1.165) is 11.3 Å². The minimum absolute atomic E-state index is 0.0195. The monoisotopic (exact) mass is 322 g/mol. The van der Waals surface area contributed by atoms with Gasteiger partial charge in [-0.3, -0.25) is 9.59 Å². The van der Waals surface area contributed by atoms with Crippen LogP contribution < -0.4 is 11.1 Å². The lowest BCUT2D eigenvalue weighted by molar-refractivity contribution is -0.123. The molecule has 0 saturated carbocycles. The van der Waals surface area contributed by atoms with Crippen LogP contribution in [0.25, 0.3) is 0 Å². The number of nitrogens with two attached hydrogens (primary N) is 1. The topological polar surface area (TPSA) is 112 Å². The first-order valence-corrected chi connectivity index (χ1v) is 7.22. The van der Waals surface area contributed by atoms with Crippen LogP contribution in [0.2, 0.25) is 0 Å². The van der Waals surface area contributed by atoms with Crippen molar-refractivity contribution in [3.05, 3.63) is 40.7 Å². The van der Waals surface area contributed by atoms with Gasteiger partial charge in [0.15, 0.2) is 6.10 Å². The molecule has 0 aromatic carbocycles. The van der Waals surface area contributed by atoms with Crippen LogP contribution in [-0.4, -0.2) is 23.9 Å². The van der Waals surface area contributed by atoms with Crippen molar-refractivity contribution >= 4 is 34.1 Å². The summed E-state index contributed by atoms with van der Waals surface area (Å²) >= 11 is 1.15. The summed E-state index contributed by atoms with van der Waals surface area (Å²) in [6, 6.07) is 4.59. The first kappa shape index (κ1) is 15.8. The van der Waals surface area contributed by atoms with Crippen LogP contribution in [0.4, 0.5) is 5.00 Å². The summed E-state index contributed by atoms with van der Waals surface area (Å²) in [4.78, 5) is 35.0. The predicted molar refractivity (Wildman–Crippen MR) is 79.8 cm³/mol. The Kier molecular flexibility index (Phi) is 4.62. The maximum absolute atomic E-state index is 12.0. The maximum atomic E-state index is 12.0. The zero-order valence-electron chi connectivity index (χ0n) is 11.9. The van der Waals surface area contributed by atoms with E-state index in [1.807, 2.05) is 0 Å². The molecule has 2 rings (SSSR count). The fraction of sp³-hybridized carbons (Fsp3) is 0.214. The highest BCUT2D eigenvalue weighted by molar-refractivity contribution is 7.14. The quantitative estimate of drug-likeness (QED) is 0.817. The van der Waals surface area contributed by atoms with Crippen molar-refractivity contribution < 1.29 is 23.5 Å². The van der Waals surface area contributed by atoms with Crippen molar-refractivity contribution in [2.24, 2.45) is 5.73 Å². The van der Waals surface area contributed by atoms with E-state index >= 15 is 0 Å². The Morgan fingerprint density at radius 2 is 2.05 bits per heavy atom. The maximum Gasteiger partial charge on any atom is 0.375 e. The van der Waals surface area contributed by atoms with Crippen molar-refractivity contribution in [3.8, 4) is 0 Å². The number of amides is 2. The number of ether oxygens (including phenoxy) is 1. The Labute approximate surface area is 130 Å². The van der Waals surface area contributed by atoms with E-state index in [4.69, 9.17) is 14.9 Å². The third-order valence-corrected chi connectivity index (χ3v) is 3.59. The van der Waals surface area contributed by atoms with Crippen LogP contribution >= 0.6 is 11.3 Å². The molecule has 1 atom stereocenters. The molecule has 2 heterocycles. The summed E-state index contributed by atoms with van der Waals surface area (Å²) in [5.74, 6) is -1.37. The van der Waals surface area contributed by atoms with Crippen molar-refractivity contribution in [1.29, 1.82) is 0 Å². The molecule has 7 nitrogen and oxygen atoms in total. The second kappa shape index (κ2) is 6.44. The summed E-state index contributed by atoms with van der Waals surface area (Å²) in [6.07, 6.45) is -1.05. The first-order chi connectivity index (χ1) is 10.4. The number of nitrogens with one attached hydrogen (secondary N) is 1. The minimum Gasteiger partial charge on any atom is -0.454 e. The Morgan fingerprint density at radius 3 is 2.64 bits per heavy atom. The van der Waals surface area contributed by atoms with Gasteiger partial charge in [-0.15, -0.1) is 11.3 Å². The van der Waals surface area contributed by atoms with Crippen LogP contribution in [-0.2, 0) is 9.53 Å². The molecular formula is C14H14N2O5S. The van der Waals surface area contributed by atoms with Gasteiger partial charge in [-0.2, -0.15) is 0 Å². The second-order valence-corrected chi connectivity index (χ2v) is 5.39. The second-order valence-electron chi connectivity index (χ2n) is 4.47. The molecule has 0 saturated heterocycles. The Hall–Kier alpha value is -2.61. The molecule has 0 aliphatic carbocycles. The van der Waals surface area contributed by atoms with Gasteiger partial charge in [0.25, 0.3) is 11.8 Å². The predicted octanol–water partition coefficient (Wildman–Crippen LogP) is 1.93. The van der Waals surface area contributed by atoms with Gasteiger partial charge in [0.2, 0.25) is 5.76 Å². The van der Waals surface area contributed by atoms with Crippen molar-refractivity contribution in [2.45, 2.75) is 20.0 Å². The van der Waals surface area contributed by atoms with Gasteiger partial charge < -0.3 is 20.2 Å². The Balaban J connectivity index is 1.99. The van der Waals surface area contributed by atoms with Crippen LogP contribution in [0.15, 0.2) is 28.0 Å². The highest BCUT2D eigenvalue weighted by Gasteiger charge is 2.22. The molecule has 0 aliphatic rings. The molecule has 8 heteroatoms. The van der Waals surface area contributed by atoms with Crippen LogP contribution in [0, 0.1) is 6.92 Å². The highest BCUT2D eigenvalue weighted by Crippen LogP contribution is 2.23. The number of carbonyl (C=O) groups is 3. The van der Waals surface area contributed by atoms with Crippen LogP contribution in [0.5, 0.6) is 0 Å². The Bertz CT molecular complexity index is 718. The molecule has 0 fully saturated rings. The van der Waals surface area contributed by atoms with E-state index < -0.39 is 23.9 Å². The zero-order valence-corrected chi connectivity index (χ0v) is 12.7. The molecule has 2 aromatic heterocycles.